The maximum Gasteiger partial charge on any atom is 0.191 e. The Labute approximate surface area is 135 Å². The first-order chi connectivity index (χ1) is 11.3. The van der Waals surface area contributed by atoms with Gasteiger partial charge in [-0.05, 0) is 23.8 Å². The molecule has 3 heterocycles. The summed E-state index contributed by atoms with van der Waals surface area (Å²) < 4.78 is 4.03. The fraction of sp³-hybridized carbons (Fsp3) is 0.312. The molecule has 7 nitrogen and oxygen atoms in total. The minimum atomic E-state index is 0.740. The van der Waals surface area contributed by atoms with E-state index >= 15 is 0 Å². The molecule has 0 saturated heterocycles. The van der Waals surface area contributed by atoms with Crippen LogP contribution in [0.5, 0.6) is 0 Å². The van der Waals surface area contributed by atoms with E-state index in [-0.39, 0.29) is 0 Å². The summed E-state index contributed by atoms with van der Waals surface area (Å²) in [5, 5.41) is 15.0. The van der Waals surface area contributed by atoms with Crippen LogP contribution in [0.4, 0.5) is 0 Å². The third-order valence-corrected chi connectivity index (χ3v) is 3.60. The Morgan fingerprint density at radius 2 is 2.09 bits per heavy atom. The molecule has 120 valence electrons. The molecule has 0 aliphatic heterocycles. The van der Waals surface area contributed by atoms with Gasteiger partial charge in [-0.3, -0.25) is 9.39 Å². The second-order valence-electron chi connectivity index (χ2n) is 5.33. The van der Waals surface area contributed by atoms with Gasteiger partial charge in [0.1, 0.15) is 5.82 Å². The van der Waals surface area contributed by atoms with Crippen molar-refractivity contribution in [3.8, 4) is 0 Å². The number of aryl methyl sites for hydroxylation is 1. The lowest BCUT2D eigenvalue weighted by atomic mass is 10.3. The Morgan fingerprint density at radius 1 is 1.17 bits per heavy atom. The van der Waals surface area contributed by atoms with Crippen LogP contribution in [0.25, 0.3) is 5.65 Å². The van der Waals surface area contributed by atoms with Crippen LogP contribution in [0.3, 0.4) is 0 Å². The van der Waals surface area contributed by atoms with Gasteiger partial charge in [-0.25, -0.2) is 0 Å². The van der Waals surface area contributed by atoms with Crippen molar-refractivity contribution in [3.63, 3.8) is 0 Å². The molecule has 0 radical (unpaired) electrons. The molecule has 2 N–H and O–H groups in total. The average molecular weight is 311 g/mol. The number of aromatic nitrogens is 4. The van der Waals surface area contributed by atoms with Crippen molar-refractivity contribution in [1.82, 2.24) is 29.8 Å². The smallest absolute Gasteiger partial charge is 0.191 e. The highest BCUT2D eigenvalue weighted by molar-refractivity contribution is 5.79. The van der Waals surface area contributed by atoms with Gasteiger partial charge in [0.2, 0.25) is 0 Å². The minimum Gasteiger partial charge on any atom is -0.357 e. The van der Waals surface area contributed by atoms with Gasteiger partial charge < -0.3 is 15.2 Å². The van der Waals surface area contributed by atoms with Crippen molar-refractivity contribution in [1.29, 1.82) is 0 Å². The molecule has 0 spiro atoms. The fourth-order valence-corrected chi connectivity index (χ4v) is 2.43. The molecule has 0 fully saturated rings. The second kappa shape index (κ2) is 6.95. The van der Waals surface area contributed by atoms with Gasteiger partial charge in [0.15, 0.2) is 11.6 Å². The lowest BCUT2D eigenvalue weighted by Crippen LogP contribution is -2.38. The molecular weight excluding hydrogens is 290 g/mol. The quantitative estimate of drug-likeness (QED) is 0.544. The van der Waals surface area contributed by atoms with Gasteiger partial charge in [0.25, 0.3) is 0 Å². The van der Waals surface area contributed by atoms with Crippen molar-refractivity contribution in [2.24, 2.45) is 12.0 Å². The summed E-state index contributed by atoms with van der Waals surface area (Å²) in [7, 11) is 3.78. The van der Waals surface area contributed by atoms with E-state index in [0.29, 0.717) is 0 Å². The Kier molecular flexibility index (Phi) is 4.56. The van der Waals surface area contributed by atoms with Crippen LogP contribution < -0.4 is 10.6 Å². The standard InChI is InChI=1S/C16H21N7/c1-17-16(19-11-13-7-10-22(2)12-13)18-8-6-15-21-20-14-5-3-4-9-23(14)15/h3-5,7,9-10,12H,6,8,11H2,1-2H3,(H2,17,18,19). The molecule has 0 aliphatic carbocycles. The maximum absolute atomic E-state index is 4.24. The van der Waals surface area contributed by atoms with Gasteiger partial charge in [-0.1, -0.05) is 6.07 Å². The molecule has 0 amide bonds. The average Bonchev–Trinajstić information content (AvgIpc) is 3.17. The third-order valence-electron chi connectivity index (χ3n) is 3.60. The Bertz CT molecular complexity index is 799. The number of rotatable bonds is 5. The van der Waals surface area contributed by atoms with Gasteiger partial charge in [-0.2, -0.15) is 0 Å². The highest BCUT2D eigenvalue weighted by Crippen LogP contribution is 2.03. The monoisotopic (exact) mass is 311 g/mol. The molecule has 3 aromatic heterocycles. The molecule has 0 atom stereocenters. The number of nitrogens with zero attached hydrogens (tertiary/aromatic N) is 5. The summed E-state index contributed by atoms with van der Waals surface area (Å²) in [5.41, 5.74) is 2.09. The fourth-order valence-electron chi connectivity index (χ4n) is 2.43. The SMILES string of the molecule is CN=C(NCCc1nnc2ccccn12)NCc1ccn(C)c1. The summed E-state index contributed by atoms with van der Waals surface area (Å²) in [6, 6.07) is 7.97. The number of nitrogens with one attached hydrogen (secondary N) is 2. The summed E-state index contributed by atoms with van der Waals surface area (Å²) in [5.74, 6) is 1.72. The first-order valence-electron chi connectivity index (χ1n) is 7.60. The van der Waals surface area contributed by atoms with E-state index in [0.717, 1.165) is 36.9 Å². The zero-order valence-corrected chi connectivity index (χ0v) is 13.4. The van der Waals surface area contributed by atoms with Crippen molar-refractivity contribution in [2.45, 2.75) is 13.0 Å². The van der Waals surface area contributed by atoms with E-state index in [1.807, 2.05) is 46.6 Å². The zero-order valence-electron chi connectivity index (χ0n) is 13.4. The first kappa shape index (κ1) is 15.1. The van der Waals surface area contributed by atoms with Gasteiger partial charge >= 0.3 is 0 Å². The normalized spacial score (nSPS) is 11.8. The molecule has 0 unspecified atom stereocenters. The highest BCUT2D eigenvalue weighted by atomic mass is 15.2. The molecule has 0 bridgehead atoms. The van der Waals surface area contributed by atoms with Gasteiger partial charge in [0.05, 0.1) is 0 Å². The summed E-state index contributed by atoms with van der Waals surface area (Å²) in [4.78, 5) is 4.24. The van der Waals surface area contributed by atoms with E-state index in [2.05, 4.69) is 38.1 Å². The summed E-state index contributed by atoms with van der Waals surface area (Å²) >= 11 is 0. The largest absolute Gasteiger partial charge is 0.357 e. The van der Waals surface area contributed by atoms with Crippen LogP contribution in [-0.2, 0) is 20.0 Å². The lowest BCUT2D eigenvalue weighted by molar-refractivity contribution is 0.760. The number of guanidine groups is 1. The van der Waals surface area contributed by atoms with Crippen LogP contribution in [0, 0.1) is 0 Å². The summed E-state index contributed by atoms with van der Waals surface area (Å²) in [6.07, 6.45) is 6.87. The van der Waals surface area contributed by atoms with Crippen molar-refractivity contribution < 1.29 is 0 Å². The highest BCUT2D eigenvalue weighted by Gasteiger charge is 2.05. The third kappa shape index (κ3) is 3.68. The van der Waals surface area contributed by atoms with E-state index in [1.165, 1.54) is 5.56 Å². The molecule has 7 heteroatoms. The van der Waals surface area contributed by atoms with Gasteiger partial charge in [-0.15, -0.1) is 10.2 Å². The van der Waals surface area contributed by atoms with E-state index in [1.54, 1.807) is 7.05 Å². The topological polar surface area (TPSA) is 71.5 Å². The molecule has 23 heavy (non-hydrogen) atoms. The van der Waals surface area contributed by atoms with E-state index in [4.69, 9.17) is 0 Å². The van der Waals surface area contributed by atoms with Crippen LogP contribution in [0.2, 0.25) is 0 Å². The lowest BCUT2D eigenvalue weighted by Gasteiger charge is -2.10. The van der Waals surface area contributed by atoms with Crippen LogP contribution in [0.15, 0.2) is 47.8 Å². The predicted octanol–water partition coefficient (Wildman–Crippen LogP) is 0.975. The van der Waals surface area contributed by atoms with E-state index < -0.39 is 0 Å². The number of hydrogen-bond acceptors (Lipinski definition) is 3. The Balaban J connectivity index is 1.50. The number of hydrogen-bond donors (Lipinski definition) is 2. The Hall–Kier alpha value is -2.83. The minimum absolute atomic E-state index is 0.740. The molecule has 0 aliphatic rings. The van der Waals surface area contributed by atoms with Crippen molar-refractivity contribution in [2.75, 3.05) is 13.6 Å². The predicted molar refractivity (Wildman–Crippen MR) is 90.3 cm³/mol. The molecule has 0 saturated carbocycles. The van der Waals surface area contributed by atoms with Gasteiger partial charge in [0, 0.05) is 52.2 Å². The molecular formula is C16H21N7. The van der Waals surface area contributed by atoms with Crippen molar-refractivity contribution >= 4 is 11.6 Å². The molecule has 3 rings (SSSR count). The van der Waals surface area contributed by atoms with Crippen molar-refractivity contribution in [3.05, 3.63) is 54.2 Å². The number of pyridine rings is 1. The first-order valence-corrected chi connectivity index (χ1v) is 7.60. The molecule has 0 aromatic carbocycles. The van der Waals surface area contributed by atoms with Crippen LogP contribution in [0.1, 0.15) is 11.4 Å². The van der Waals surface area contributed by atoms with Crippen LogP contribution >= 0.6 is 0 Å². The van der Waals surface area contributed by atoms with E-state index in [9.17, 15) is 0 Å². The maximum atomic E-state index is 4.24. The Morgan fingerprint density at radius 3 is 2.87 bits per heavy atom. The second-order valence-corrected chi connectivity index (χ2v) is 5.33. The number of aliphatic imine (C=N–C) groups is 1. The summed E-state index contributed by atoms with van der Waals surface area (Å²) in [6.45, 7) is 1.48. The number of fused-ring (bicyclic) bond motifs is 1. The van der Waals surface area contributed by atoms with Crippen LogP contribution in [-0.4, -0.2) is 38.7 Å². The zero-order chi connectivity index (χ0) is 16.1. The molecule has 3 aromatic rings.